The molecule has 2 aromatic rings. The number of anilines is 1. The highest BCUT2D eigenvalue weighted by Crippen LogP contribution is 2.28. The summed E-state index contributed by atoms with van der Waals surface area (Å²) >= 11 is 6.02. The Labute approximate surface area is 104 Å². The molecular weight excluding hydrogens is 240 g/mol. The van der Waals surface area contributed by atoms with Gasteiger partial charge in [0.2, 0.25) is 0 Å². The van der Waals surface area contributed by atoms with E-state index in [1.54, 1.807) is 6.33 Å². The molecule has 90 valence electrons. The van der Waals surface area contributed by atoms with Crippen LogP contribution >= 0.6 is 11.6 Å². The Balaban J connectivity index is 2.11. The lowest BCUT2D eigenvalue weighted by Gasteiger charge is -2.35. The Kier molecular flexibility index (Phi) is 2.64. The zero-order valence-corrected chi connectivity index (χ0v) is 10.2. The molecule has 17 heavy (non-hydrogen) atoms. The normalized spacial score (nSPS) is 21.1. The molecular formula is C11H13ClN4O. The number of morpholine rings is 1. The summed E-state index contributed by atoms with van der Waals surface area (Å²) in [5, 5.41) is 0.471. The molecule has 1 atom stereocenters. The third-order valence-electron chi connectivity index (χ3n) is 3.02. The van der Waals surface area contributed by atoms with Gasteiger partial charge in [-0.15, -0.1) is 0 Å². The fourth-order valence-corrected chi connectivity index (χ4v) is 2.37. The minimum atomic E-state index is 0.328. The van der Waals surface area contributed by atoms with Crippen LogP contribution in [0.2, 0.25) is 5.15 Å². The van der Waals surface area contributed by atoms with Gasteiger partial charge >= 0.3 is 0 Å². The van der Waals surface area contributed by atoms with Gasteiger partial charge in [0.05, 0.1) is 25.2 Å². The summed E-state index contributed by atoms with van der Waals surface area (Å²) in [5.74, 6) is 0. The Morgan fingerprint density at radius 2 is 2.47 bits per heavy atom. The van der Waals surface area contributed by atoms with Crippen LogP contribution in [0.4, 0.5) is 5.69 Å². The number of ether oxygens (including phenoxy) is 1. The lowest BCUT2D eigenvalue weighted by Crippen LogP contribution is -2.43. The summed E-state index contributed by atoms with van der Waals surface area (Å²) in [5.41, 5.74) is 2.64. The number of imidazole rings is 1. The van der Waals surface area contributed by atoms with E-state index in [0.29, 0.717) is 16.8 Å². The highest BCUT2D eigenvalue weighted by molar-refractivity contribution is 6.30. The Bertz CT molecular complexity index is 541. The lowest BCUT2D eigenvalue weighted by molar-refractivity contribution is 0.0991. The number of halogens is 1. The average Bonchev–Trinajstić information content (AvgIpc) is 2.76. The van der Waals surface area contributed by atoms with E-state index in [2.05, 4.69) is 26.8 Å². The minimum absolute atomic E-state index is 0.328. The number of pyridine rings is 1. The first-order valence-corrected chi connectivity index (χ1v) is 5.97. The first-order valence-electron chi connectivity index (χ1n) is 5.60. The van der Waals surface area contributed by atoms with Crippen molar-refractivity contribution in [2.45, 2.75) is 13.0 Å². The van der Waals surface area contributed by atoms with Crippen LogP contribution in [0.3, 0.4) is 0 Å². The average molecular weight is 253 g/mol. The van der Waals surface area contributed by atoms with Crippen molar-refractivity contribution >= 4 is 28.5 Å². The molecule has 1 unspecified atom stereocenters. The van der Waals surface area contributed by atoms with Gasteiger partial charge in [0.25, 0.3) is 0 Å². The number of nitrogens with one attached hydrogen (secondary N) is 1. The fraction of sp³-hybridized carbons (Fsp3) is 0.455. The first kappa shape index (κ1) is 10.8. The van der Waals surface area contributed by atoms with E-state index >= 15 is 0 Å². The second kappa shape index (κ2) is 4.16. The molecule has 3 heterocycles. The van der Waals surface area contributed by atoms with E-state index in [4.69, 9.17) is 16.3 Å². The fourth-order valence-electron chi connectivity index (χ4n) is 2.19. The standard InChI is InChI=1S/C11H13ClN4O/c1-7-5-17-3-2-16(7)8-4-9(12)15-11-10(8)13-6-14-11/h4,6-7H,2-3,5H2,1H3,(H,13,14,15). The lowest BCUT2D eigenvalue weighted by atomic mass is 10.2. The van der Waals surface area contributed by atoms with Crippen LogP contribution in [-0.4, -0.2) is 40.8 Å². The maximum Gasteiger partial charge on any atom is 0.180 e. The highest BCUT2D eigenvalue weighted by Gasteiger charge is 2.22. The number of aromatic amines is 1. The molecule has 6 heteroatoms. The highest BCUT2D eigenvalue weighted by atomic mass is 35.5. The number of nitrogens with zero attached hydrogens (tertiary/aromatic N) is 3. The van der Waals surface area contributed by atoms with E-state index in [1.165, 1.54) is 0 Å². The van der Waals surface area contributed by atoms with Gasteiger partial charge in [-0.1, -0.05) is 11.6 Å². The Morgan fingerprint density at radius 3 is 3.29 bits per heavy atom. The second-order valence-electron chi connectivity index (χ2n) is 4.18. The molecule has 0 spiro atoms. The number of hydrogen-bond donors (Lipinski definition) is 1. The van der Waals surface area contributed by atoms with E-state index in [9.17, 15) is 0 Å². The molecule has 0 saturated carbocycles. The number of H-pyrrole nitrogens is 1. The molecule has 3 rings (SSSR count). The van der Waals surface area contributed by atoms with Crippen LogP contribution in [0, 0.1) is 0 Å². The van der Waals surface area contributed by atoms with Crippen molar-refractivity contribution in [3.05, 3.63) is 17.5 Å². The summed E-state index contributed by atoms with van der Waals surface area (Å²) < 4.78 is 5.44. The maximum atomic E-state index is 6.02. The van der Waals surface area contributed by atoms with Gasteiger partial charge in [0.15, 0.2) is 5.65 Å². The molecule has 5 nitrogen and oxygen atoms in total. The summed E-state index contributed by atoms with van der Waals surface area (Å²) in [6.07, 6.45) is 1.64. The van der Waals surface area contributed by atoms with Crippen molar-refractivity contribution in [2.24, 2.45) is 0 Å². The summed E-state index contributed by atoms with van der Waals surface area (Å²) in [7, 11) is 0. The Morgan fingerprint density at radius 1 is 1.59 bits per heavy atom. The number of hydrogen-bond acceptors (Lipinski definition) is 4. The van der Waals surface area contributed by atoms with Crippen LogP contribution in [-0.2, 0) is 4.74 Å². The maximum absolute atomic E-state index is 6.02. The van der Waals surface area contributed by atoms with Gasteiger partial charge < -0.3 is 14.6 Å². The summed E-state index contributed by atoms with van der Waals surface area (Å²) in [6.45, 7) is 4.46. The van der Waals surface area contributed by atoms with Crippen molar-refractivity contribution in [3.63, 3.8) is 0 Å². The molecule has 0 bridgehead atoms. The first-order chi connectivity index (χ1) is 8.25. The number of aromatic nitrogens is 3. The van der Waals surface area contributed by atoms with Gasteiger partial charge in [-0.3, -0.25) is 0 Å². The van der Waals surface area contributed by atoms with Crippen LogP contribution in [0.5, 0.6) is 0 Å². The molecule has 2 aromatic heterocycles. The van der Waals surface area contributed by atoms with E-state index in [1.807, 2.05) is 6.07 Å². The molecule has 1 N–H and O–H groups in total. The number of fused-ring (bicyclic) bond motifs is 1. The zero-order chi connectivity index (χ0) is 11.8. The van der Waals surface area contributed by atoms with E-state index < -0.39 is 0 Å². The molecule has 0 amide bonds. The smallest absolute Gasteiger partial charge is 0.180 e. The molecule has 1 aliphatic rings. The summed E-state index contributed by atoms with van der Waals surface area (Å²) in [4.78, 5) is 13.7. The molecule has 1 fully saturated rings. The Hall–Kier alpha value is -1.33. The second-order valence-corrected chi connectivity index (χ2v) is 4.57. The third kappa shape index (κ3) is 1.85. The van der Waals surface area contributed by atoms with Crippen molar-refractivity contribution < 1.29 is 4.74 Å². The third-order valence-corrected chi connectivity index (χ3v) is 3.21. The monoisotopic (exact) mass is 252 g/mol. The van der Waals surface area contributed by atoms with Gasteiger partial charge in [-0.05, 0) is 6.92 Å². The van der Waals surface area contributed by atoms with Crippen LogP contribution < -0.4 is 4.90 Å². The van der Waals surface area contributed by atoms with Gasteiger partial charge in [-0.25, -0.2) is 9.97 Å². The predicted octanol–water partition coefficient (Wildman–Crippen LogP) is 1.84. The molecule has 0 aliphatic carbocycles. The molecule has 0 aromatic carbocycles. The predicted molar refractivity (Wildman–Crippen MR) is 66.5 cm³/mol. The molecule has 1 aliphatic heterocycles. The van der Waals surface area contributed by atoms with Gasteiger partial charge in [0, 0.05) is 18.7 Å². The van der Waals surface area contributed by atoms with Gasteiger partial charge in [0.1, 0.15) is 10.7 Å². The van der Waals surface area contributed by atoms with Crippen molar-refractivity contribution in [1.29, 1.82) is 0 Å². The van der Waals surface area contributed by atoms with Crippen LogP contribution in [0.1, 0.15) is 6.92 Å². The minimum Gasteiger partial charge on any atom is -0.377 e. The number of rotatable bonds is 1. The topological polar surface area (TPSA) is 54.0 Å². The quantitative estimate of drug-likeness (QED) is 0.787. The zero-order valence-electron chi connectivity index (χ0n) is 9.48. The van der Waals surface area contributed by atoms with Crippen molar-refractivity contribution in [3.8, 4) is 0 Å². The van der Waals surface area contributed by atoms with Crippen molar-refractivity contribution in [1.82, 2.24) is 15.0 Å². The molecule has 1 saturated heterocycles. The van der Waals surface area contributed by atoms with Crippen molar-refractivity contribution in [2.75, 3.05) is 24.7 Å². The molecule has 0 radical (unpaired) electrons. The van der Waals surface area contributed by atoms with E-state index in [0.717, 1.165) is 31.0 Å². The van der Waals surface area contributed by atoms with Gasteiger partial charge in [-0.2, -0.15) is 0 Å². The van der Waals surface area contributed by atoms with Crippen LogP contribution in [0.15, 0.2) is 12.4 Å². The van der Waals surface area contributed by atoms with E-state index in [-0.39, 0.29) is 0 Å². The summed E-state index contributed by atoms with van der Waals surface area (Å²) in [6, 6.07) is 2.21. The largest absolute Gasteiger partial charge is 0.377 e. The SMILES string of the molecule is CC1COCCN1c1cc(Cl)nc2nc[nH]c12. The van der Waals surface area contributed by atoms with Crippen LogP contribution in [0.25, 0.3) is 11.2 Å².